The van der Waals surface area contributed by atoms with Crippen LogP contribution in [0.2, 0.25) is 0 Å². The van der Waals surface area contributed by atoms with Gasteiger partial charge in [0.15, 0.2) is 11.5 Å². The van der Waals surface area contributed by atoms with E-state index in [0.29, 0.717) is 25.8 Å². The molecular weight excluding hydrogens is 320 g/mol. The number of nitrogens with zero attached hydrogens (tertiary/aromatic N) is 2. The summed E-state index contributed by atoms with van der Waals surface area (Å²) in [6.07, 6.45) is 1.92. The van der Waals surface area contributed by atoms with E-state index in [0.717, 1.165) is 63.7 Å². The van der Waals surface area contributed by atoms with Crippen LogP contribution >= 0.6 is 0 Å². The molecule has 138 valence electrons. The molecule has 1 aromatic carbocycles. The summed E-state index contributed by atoms with van der Waals surface area (Å²) in [5.41, 5.74) is 1.20. The van der Waals surface area contributed by atoms with E-state index < -0.39 is 0 Å². The summed E-state index contributed by atoms with van der Waals surface area (Å²) < 4.78 is 17.0. The van der Waals surface area contributed by atoms with Crippen molar-refractivity contribution in [3.63, 3.8) is 0 Å². The molecule has 3 aliphatic rings. The van der Waals surface area contributed by atoms with Crippen LogP contribution in [0.4, 0.5) is 0 Å². The first-order chi connectivity index (χ1) is 12.3. The van der Waals surface area contributed by atoms with Gasteiger partial charge in [-0.2, -0.15) is 0 Å². The smallest absolute Gasteiger partial charge is 0.166 e. The van der Waals surface area contributed by atoms with E-state index in [1.807, 2.05) is 12.1 Å². The molecule has 25 heavy (non-hydrogen) atoms. The van der Waals surface area contributed by atoms with Crippen LogP contribution in [0.1, 0.15) is 24.4 Å². The molecule has 1 aromatic rings. The van der Waals surface area contributed by atoms with Gasteiger partial charge in [-0.25, -0.2) is 0 Å². The molecule has 4 rings (SSSR count). The van der Waals surface area contributed by atoms with Gasteiger partial charge in [-0.15, -0.1) is 0 Å². The summed E-state index contributed by atoms with van der Waals surface area (Å²) in [5, 5.41) is 10.6. The van der Waals surface area contributed by atoms with Gasteiger partial charge in [0.2, 0.25) is 0 Å². The second-order valence-electron chi connectivity index (χ2n) is 7.09. The molecule has 0 saturated carbocycles. The number of aliphatic hydroxyl groups is 1. The molecule has 6 nitrogen and oxygen atoms in total. The average molecular weight is 348 g/mol. The lowest BCUT2D eigenvalue weighted by molar-refractivity contribution is 0.00572. The summed E-state index contributed by atoms with van der Waals surface area (Å²) in [4.78, 5) is 4.69. The van der Waals surface area contributed by atoms with Crippen molar-refractivity contribution >= 4 is 0 Å². The predicted octanol–water partition coefficient (Wildman–Crippen LogP) is 1.29. The van der Waals surface area contributed by atoms with Crippen LogP contribution in [0.25, 0.3) is 0 Å². The number of aliphatic hydroxyl groups excluding tert-OH is 1. The fourth-order valence-electron chi connectivity index (χ4n) is 4.17. The van der Waals surface area contributed by atoms with E-state index in [4.69, 9.17) is 14.2 Å². The van der Waals surface area contributed by atoms with Gasteiger partial charge in [0.1, 0.15) is 13.2 Å². The number of hydrogen-bond acceptors (Lipinski definition) is 6. The zero-order chi connectivity index (χ0) is 17.1. The number of likely N-dealkylation sites (tertiary alicyclic amines) is 1. The minimum Gasteiger partial charge on any atom is -0.486 e. The van der Waals surface area contributed by atoms with Gasteiger partial charge in [0.05, 0.1) is 19.3 Å². The summed E-state index contributed by atoms with van der Waals surface area (Å²) >= 11 is 0. The van der Waals surface area contributed by atoms with Crippen molar-refractivity contribution in [2.45, 2.75) is 25.0 Å². The summed E-state index contributed by atoms with van der Waals surface area (Å²) in [7, 11) is 0. The molecule has 2 unspecified atom stereocenters. The SMILES string of the molecule is OC(CN1CCOCC1)CN1CCCC1c1cccc2c1OCCO2. The maximum Gasteiger partial charge on any atom is 0.166 e. The monoisotopic (exact) mass is 348 g/mol. The summed E-state index contributed by atoms with van der Waals surface area (Å²) in [6.45, 7) is 7.04. The molecule has 1 N–H and O–H groups in total. The van der Waals surface area contributed by atoms with E-state index in [1.54, 1.807) is 0 Å². The largest absolute Gasteiger partial charge is 0.486 e. The Balaban J connectivity index is 1.42. The van der Waals surface area contributed by atoms with E-state index >= 15 is 0 Å². The fourth-order valence-corrected chi connectivity index (χ4v) is 4.17. The van der Waals surface area contributed by atoms with Crippen LogP contribution in [-0.4, -0.2) is 80.2 Å². The van der Waals surface area contributed by atoms with E-state index in [1.165, 1.54) is 5.56 Å². The Bertz CT molecular complexity index is 577. The Morgan fingerprint density at radius 3 is 2.76 bits per heavy atom. The maximum absolute atomic E-state index is 10.6. The van der Waals surface area contributed by atoms with Crippen molar-refractivity contribution in [1.82, 2.24) is 9.80 Å². The highest BCUT2D eigenvalue weighted by Crippen LogP contribution is 2.42. The second kappa shape index (κ2) is 7.91. The number of para-hydroxylation sites is 1. The molecule has 0 radical (unpaired) electrons. The van der Waals surface area contributed by atoms with Gasteiger partial charge in [-0.1, -0.05) is 12.1 Å². The third kappa shape index (κ3) is 3.92. The van der Waals surface area contributed by atoms with Crippen LogP contribution in [0.5, 0.6) is 11.5 Å². The molecule has 2 fully saturated rings. The molecule has 0 aromatic heterocycles. The zero-order valence-electron chi connectivity index (χ0n) is 14.7. The summed E-state index contributed by atoms with van der Waals surface area (Å²) in [5.74, 6) is 1.75. The van der Waals surface area contributed by atoms with Crippen molar-refractivity contribution in [2.24, 2.45) is 0 Å². The molecule has 2 atom stereocenters. The van der Waals surface area contributed by atoms with Crippen molar-refractivity contribution in [3.05, 3.63) is 23.8 Å². The molecular formula is C19H28N2O4. The van der Waals surface area contributed by atoms with Gasteiger partial charge in [-0.05, 0) is 25.5 Å². The number of β-amino-alcohol motifs (C(OH)–C–C–N with tert-alkyl or cyclic N) is 1. The Morgan fingerprint density at radius 2 is 1.88 bits per heavy atom. The number of ether oxygens (including phenoxy) is 3. The molecule has 0 bridgehead atoms. The van der Waals surface area contributed by atoms with Gasteiger partial charge in [-0.3, -0.25) is 9.80 Å². The fraction of sp³-hybridized carbons (Fsp3) is 0.684. The first-order valence-electron chi connectivity index (χ1n) is 9.42. The van der Waals surface area contributed by atoms with Crippen LogP contribution < -0.4 is 9.47 Å². The van der Waals surface area contributed by atoms with Gasteiger partial charge in [0.25, 0.3) is 0 Å². The lowest BCUT2D eigenvalue weighted by Gasteiger charge is -2.33. The van der Waals surface area contributed by atoms with Gasteiger partial charge >= 0.3 is 0 Å². The van der Waals surface area contributed by atoms with Crippen molar-refractivity contribution in [1.29, 1.82) is 0 Å². The topological polar surface area (TPSA) is 54.4 Å². The highest BCUT2D eigenvalue weighted by molar-refractivity contribution is 5.49. The average Bonchev–Trinajstić information content (AvgIpc) is 3.09. The Kier molecular flexibility index (Phi) is 5.41. The molecule has 2 saturated heterocycles. The van der Waals surface area contributed by atoms with E-state index in [-0.39, 0.29) is 6.10 Å². The van der Waals surface area contributed by atoms with Crippen LogP contribution in [0.3, 0.4) is 0 Å². The number of fused-ring (bicyclic) bond motifs is 1. The standard InChI is InChI=1S/C19H28N2O4/c22-15(13-20-7-9-23-10-8-20)14-21-6-2-4-17(21)16-3-1-5-18-19(16)25-12-11-24-18/h1,3,5,15,17,22H,2,4,6-14H2. The number of morpholine rings is 1. The molecule has 0 amide bonds. The molecule has 3 aliphatic heterocycles. The number of benzene rings is 1. The van der Waals surface area contributed by atoms with Gasteiger partial charge < -0.3 is 19.3 Å². The summed E-state index contributed by atoms with van der Waals surface area (Å²) in [6, 6.07) is 6.47. The predicted molar refractivity (Wildman–Crippen MR) is 94.2 cm³/mol. The molecule has 0 aliphatic carbocycles. The Morgan fingerprint density at radius 1 is 1.04 bits per heavy atom. The van der Waals surface area contributed by atoms with Crippen molar-refractivity contribution in [3.8, 4) is 11.5 Å². The van der Waals surface area contributed by atoms with E-state index in [2.05, 4.69) is 15.9 Å². The number of hydrogen-bond donors (Lipinski definition) is 1. The highest BCUT2D eigenvalue weighted by Gasteiger charge is 2.32. The molecule has 6 heteroatoms. The first kappa shape index (κ1) is 17.1. The van der Waals surface area contributed by atoms with Crippen LogP contribution in [-0.2, 0) is 4.74 Å². The minimum atomic E-state index is -0.338. The lowest BCUT2D eigenvalue weighted by atomic mass is 10.0. The second-order valence-corrected chi connectivity index (χ2v) is 7.09. The molecule has 3 heterocycles. The number of rotatable bonds is 5. The third-order valence-electron chi connectivity index (χ3n) is 5.34. The highest BCUT2D eigenvalue weighted by atomic mass is 16.6. The quantitative estimate of drug-likeness (QED) is 0.865. The third-order valence-corrected chi connectivity index (χ3v) is 5.34. The van der Waals surface area contributed by atoms with Gasteiger partial charge in [0, 0.05) is 37.8 Å². The van der Waals surface area contributed by atoms with Crippen molar-refractivity contribution < 1.29 is 19.3 Å². The Labute approximate surface area is 149 Å². The Hall–Kier alpha value is -1.34. The lowest BCUT2D eigenvalue weighted by Crippen LogP contribution is -2.44. The van der Waals surface area contributed by atoms with Crippen molar-refractivity contribution in [2.75, 3.05) is 59.2 Å². The minimum absolute atomic E-state index is 0.302. The maximum atomic E-state index is 10.6. The normalized spacial score (nSPS) is 25.9. The molecule has 0 spiro atoms. The zero-order valence-corrected chi connectivity index (χ0v) is 14.7. The van der Waals surface area contributed by atoms with E-state index in [9.17, 15) is 5.11 Å². The van der Waals surface area contributed by atoms with Crippen LogP contribution in [0, 0.1) is 0 Å². The first-order valence-corrected chi connectivity index (χ1v) is 9.42. The van der Waals surface area contributed by atoms with Crippen LogP contribution in [0.15, 0.2) is 18.2 Å².